The average Bonchev–Trinajstić information content (AvgIpc) is 2.75. The van der Waals surface area contributed by atoms with Gasteiger partial charge >= 0.3 is 0 Å². The van der Waals surface area contributed by atoms with Crippen molar-refractivity contribution in [3.63, 3.8) is 0 Å². The first kappa shape index (κ1) is 16.9. The monoisotopic (exact) mass is 270 g/mol. The molecular weight excluding hydrogens is 236 g/mol. The largest absolute Gasteiger partial charge is 0.372 e. The van der Waals surface area contributed by atoms with Crippen LogP contribution in [0.1, 0.15) is 47.5 Å². The summed E-state index contributed by atoms with van der Waals surface area (Å²) in [5.41, 5.74) is 0. The molecule has 19 heavy (non-hydrogen) atoms. The fourth-order valence-electron chi connectivity index (χ4n) is 2.73. The van der Waals surface area contributed by atoms with Gasteiger partial charge in [0.15, 0.2) is 0 Å². The molecule has 0 aromatic carbocycles. The summed E-state index contributed by atoms with van der Waals surface area (Å²) in [6, 6.07) is 0. The van der Waals surface area contributed by atoms with Crippen molar-refractivity contribution in [2.75, 3.05) is 32.7 Å². The topological polar surface area (TPSA) is 24.5 Å². The molecule has 0 aromatic heterocycles. The summed E-state index contributed by atoms with van der Waals surface area (Å²) >= 11 is 0. The average molecular weight is 270 g/mol. The lowest BCUT2D eigenvalue weighted by Crippen LogP contribution is -2.36. The summed E-state index contributed by atoms with van der Waals surface area (Å²) in [7, 11) is 0. The Kier molecular flexibility index (Phi) is 7.96. The van der Waals surface area contributed by atoms with E-state index in [4.69, 9.17) is 4.74 Å². The predicted octanol–water partition coefficient (Wildman–Crippen LogP) is 2.76. The van der Waals surface area contributed by atoms with Crippen LogP contribution in [0.3, 0.4) is 0 Å². The van der Waals surface area contributed by atoms with Gasteiger partial charge < -0.3 is 15.0 Å². The molecule has 1 rings (SSSR count). The van der Waals surface area contributed by atoms with E-state index in [-0.39, 0.29) is 0 Å². The second-order valence-corrected chi connectivity index (χ2v) is 6.76. The van der Waals surface area contributed by atoms with E-state index in [1.165, 1.54) is 19.4 Å². The minimum Gasteiger partial charge on any atom is -0.372 e. The molecule has 0 radical (unpaired) electrons. The van der Waals surface area contributed by atoms with Gasteiger partial charge in [0.1, 0.15) is 0 Å². The number of nitrogens with zero attached hydrogens (tertiary/aromatic N) is 1. The van der Waals surface area contributed by atoms with Crippen LogP contribution in [-0.2, 0) is 4.74 Å². The molecule has 1 aliphatic rings. The molecule has 0 bridgehead atoms. The quantitative estimate of drug-likeness (QED) is 0.697. The molecule has 0 saturated carbocycles. The van der Waals surface area contributed by atoms with Crippen molar-refractivity contribution in [2.45, 2.75) is 59.7 Å². The maximum atomic E-state index is 6.15. The molecule has 114 valence electrons. The molecule has 1 heterocycles. The Hall–Kier alpha value is -0.120. The number of hydrogen-bond acceptors (Lipinski definition) is 3. The van der Waals surface area contributed by atoms with E-state index in [9.17, 15) is 0 Å². The number of hydrogen-bond donors (Lipinski definition) is 1. The van der Waals surface area contributed by atoms with Crippen LogP contribution in [0.2, 0.25) is 0 Å². The van der Waals surface area contributed by atoms with E-state index in [1.54, 1.807) is 0 Å². The summed E-state index contributed by atoms with van der Waals surface area (Å²) in [4.78, 5) is 2.53. The molecule has 1 fully saturated rings. The van der Waals surface area contributed by atoms with Gasteiger partial charge in [0.25, 0.3) is 0 Å². The van der Waals surface area contributed by atoms with E-state index >= 15 is 0 Å². The minimum atomic E-state index is 0.432. The standard InChI is InChI=1S/C16H34N2O/c1-6-18(11-14(4)5)12-16-8-7-15(19-16)10-17-9-13(2)3/h13-17H,6-12H2,1-5H3. The van der Waals surface area contributed by atoms with Crippen LogP contribution in [0.15, 0.2) is 0 Å². The lowest BCUT2D eigenvalue weighted by atomic mass is 10.1. The first-order chi connectivity index (χ1) is 9.01. The Morgan fingerprint density at radius 1 is 1.11 bits per heavy atom. The molecule has 1 saturated heterocycles. The van der Waals surface area contributed by atoms with Crippen molar-refractivity contribution in [3.05, 3.63) is 0 Å². The van der Waals surface area contributed by atoms with E-state index in [0.717, 1.165) is 38.0 Å². The van der Waals surface area contributed by atoms with E-state index in [1.807, 2.05) is 0 Å². The van der Waals surface area contributed by atoms with Gasteiger partial charge in [0.2, 0.25) is 0 Å². The maximum absolute atomic E-state index is 6.15. The molecule has 2 atom stereocenters. The fourth-order valence-corrected chi connectivity index (χ4v) is 2.73. The Morgan fingerprint density at radius 2 is 1.79 bits per heavy atom. The smallest absolute Gasteiger partial charge is 0.0707 e. The Bertz CT molecular complexity index is 231. The third kappa shape index (κ3) is 7.28. The SMILES string of the molecule is CCN(CC(C)C)CC1CCC(CNCC(C)C)O1. The van der Waals surface area contributed by atoms with Crippen LogP contribution in [-0.4, -0.2) is 49.8 Å². The van der Waals surface area contributed by atoms with Gasteiger partial charge in [-0.3, -0.25) is 0 Å². The van der Waals surface area contributed by atoms with E-state index < -0.39 is 0 Å². The predicted molar refractivity (Wildman–Crippen MR) is 82.6 cm³/mol. The van der Waals surface area contributed by atoms with Crippen LogP contribution in [0, 0.1) is 11.8 Å². The number of rotatable bonds is 9. The van der Waals surface area contributed by atoms with Crippen molar-refractivity contribution in [1.82, 2.24) is 10.2 Å². The van der Waals surface area contributed by atoms with Crippen LogP contribution in [0.5, 0.6) is 0 Å². The molecular formula is C16H34N2O. The fraction of sp³-hybridized carbons (Fsp3) is 1.00. The van der Waals surface area contributed by atoms with Crippen molar-refractivity contribution in [3.8, 4) is 0 Å². The molecule has 3 heteroatoms. The van der Waals surface area contributed by atoms with Crippen molar-refractivity contribution >= 4 is 0 Å². The van der Waals surface area contributed by atoms with Gasteiger partial charge in [-0.15, -0.1) is 0 Å². The highest BCUT2D eigenvalue weighted by Crippen LogP contribution is 2.20. The molecule has 0 aliphatic carbocycles. The van der Waals surface area contributed by atoms with Crippen molar-refractivity contribution in [2.24, 2.45) is 11.8 Å². The molecule has 0 aromatic rings. The second-order valence-electron chi connectivity index (χ2n) is 6.76. The summed E-state index contributed by atoms with van der Waals surface area (Å²) in [5.74, 6) is 1.46. The highest BCUT2D eigenvalue weighted by atomic mass is 16.5. The summed E-state index contributed by atoms with van der Waals surface area (Å²) < 4.78 is 6.15. The zero-order valence-corrected chi connectivity index (χ0v) is 13.6. The Labute approximate surface area is 120 Å². The zero-order chi connectivity index (χ0) is 14.3. The molecule has 1 N–H and O–H groups in total. The molecule has 0 amide bonds. The third-order valence-corrected chi connectivity index (χ3v) is 3.65. The maximum Gasteiger partial charge on any atom is 0.0707 e. The molecule has 3 nitrogen and oxygen atoms in total. The number of nitrogens with one attached hydrogen (secondary N) is 1. The number of likely N-dealkylation sites (N-methyl/N-ethyl adjacent to an activating group) is 1. The van der Waals surface area contributed by atoms with E-state index in [0.29, 0.717) is 12.2 Å². The molecule has 0 spiro atoms. The van der Waals surface area contributed by atoms with Crippen molar-refractivity contribution in [1.29, 1.82) is 0 Å². The zero-order valence-electron chi connectivity index (χ0n) is 13.6. The first-order valence-electron chi connectivity index (χ1n) is 8.09. The van der Waals surface area contributed by atoms with Gasteiger partial charge in [-0.25, -0.2) is 0 Å². The highest BCUT2D eigenvalue weighted by molar-refractivity contribution is 4.78. The summed E-state index contributed by atoms with van der Waals surface area (Å²) in [6.07, 6.45) is 3.32. The minimum absolute atomic E-state index is 0.432. The van der Waals surface area contributed by atoms with Crippen LogP contribution in [0.4, 0.5) is 0 Å². The van der Waals surface area contributed by atoms with Gasteiger partial charge in [-0.1, -0.05) is 34.6 Å². The van der Waals surface area contributed by atoms with Gasteiger partial charge in [0.05, 0.1) is 12.2 Å². The lowest BCUT2D eigenvalue weighted by molar-refractivity contribution is 0.0222. The van der Waals surface area contributed by atoms with Gasteiger partial charge in [0, 0.05) is 19.6 Å². The molecule has 2 unspecified atom stereocenters. The lowest BCUT2D eigenvalue weighted by Gasteiger charge is -2.26. The van der Waals surface area contributed by atoms with Crippen LogP contribution in [0.25, 0.3) is 0 Å². The normalized spacial score (nSPS) is 24.0. The first-order valence-corrected chi connectivity index (χ1v) is 8.09. The Balaban J connectivity index is 2.19. The van der Waals surface area contributed by atoms with Crippen molar-refractivity contribution < 1.29 is 4.74 Å². The van der Waals surface area contributed by atoms with E-state index in [2.05, 4.69) is 44.8 Å². The summed E-state index contributed by atoms with van der Waals surface area (Å²) in [5, 5.41) is 3.51. The molecule has 1 aliphatic heterocycles. The Morgan fingerprint density at radius 3 is 2.37 bits per heavy atom. The van der Waals surface area contributed by atoms with Gasteiger partial charge in [-0.2, -0.15) is 0 Å². The van der Waals surface area contributed by atoms with Crippen LogP contribution < -0.4 is 5.32 Å². The number of ether oxygens (including phenoxy) is 1. The third-order valence-electron chi connectivity index (χ3n) is 3.65. The van der Waals surface area contributed by atoms with Crippen LogP contribution >= 0.6 is 0 Å². The van der Waals surface area contributed by atoms with Gasteiger partial charge in [-0.05, 0) is 37.8 Å². The summed E-state index contributed by atoms with van der Waals surface area (Å²) in [6.45, 7) is 16.9. The second kappa shape index (κ2) is 8.93. The highest BCUT2D eigenvalue weighted by Gasteiger charge is 2.26.